The largest absolute Gasteiger partial charge is 0.368 e. The van der Waals surface area contributed by atoms with Crippen LogP contribution < -0.4 is 11.1 Å². The molecular weight excluding hydrogens is 208 g/mol. The highest BCUT2D eigenvalue weighted by Gasteiger charge is 2.24. The molecule has 0 bridgehead atoms. The first-order valence-electron chi connectivity index (χ1n) is 5.36. The van der Waals surface area contributed by atoms with Crippen molar-refractivity contribution in [2.24, 2.45) is 5.73 Å². The predicted octanol–water partition coefficient (Wildman–Crippen LogP) is 1.81. The minimum atomic E-state index is -0.298. The topological polar surface area (TPSA) is 55.1 Å². The average Bonchev–Trinajstić information content (AvgIpc) is 2.87. The minimum Gasteiger partial charge on any atom is -0.368 e. The normalized spacial score (nSPS) is 19.2. The lowest BCUT2D eigenvalue weighted by Crippen LogP contribution is -2.38. The van der Waals surface area contributed by atoms with Crippen LogP contribution in [0.5, 0.6) is 0 Å². The summed E-state index contributed by atoms with van der Waals surface area (Å²) < 4.78 is 0. The fourth-order valence-electron chi connectivity index (χ4n) is 2.09. The van der Waals surface area contributed by atoms with Gasteiger partial charge in [-0.05, 0) is 24.3 Å². The Morgan fingerprint density at radius 1 is 1.53 bits per heavy atom. The quantitative estimate of drug-likeness (QED) is 0.819. The third kappa shape index (κ3) is 2.58. The van der Waals surface area contributed by atoms with Crippen LogP contribution in [0.25, 0.3) is 0 Å². The van der Waals surface area contributed by atoms with E-state index in [0.717, 1.165) is 17.7 Å². The molecule has 0 spiro atoms. The molecule has 1 atom stereocenters. The lowest BCUT2D eigenvalue weighted by atomic mass is 10.1. The van der Waals surface area contributed by atoms with E-state index in [4.69, 9.17) is 5.73 Å². The summed E-state index contributed by atoms with van der Waals surface area (Å²) >= 11 is 1.58. The average molecular weight is 224 g/mol. The fraction of sp³-hybridized carbons (Fsp3) is 0.545. The maximum atomic E-state index is 11.4. The number of thiophene rings is 1. The van der Waals surface area contributed by atoms with Crippen LogP contribution in [0.3, 0.4) is 0 Å². The molecule has 1 heterocycles. The van der Waals surface area contributed by atoms with Crippen molar-refractivity contribution in [2.45, 2.75) is 37.8 Å². The lowest BCUT2D eigenvalue weighted by molar-refractivity contribution is -0.120. The first kappa shape index (κ1) is 10.6. The van der Waals surface area contributed by atoms with E-state index in [0.29, 0.717) is 6.04 Å². The number of nitrogens with two attached hydrogens (primary N) is 1. The van der Waals surface area contributed by atoms with Gasteiger partial charge in [0.15, 0.2) is 0 Å². The smallest absolute Gasteiger partial charge is 0.240 e. The molecule has 1 aromatic heterocycles. The van der Waals surface area contributed by atoms with Crippen molar-refractivity contribution in [2.75, 3.05) is 0 Å². The zero-order valence-electron chi connectivity index (χ0n) is 8.61. The zero-order chi connectivity index (χ0) is 10.7. The van der Waals surface area contributed by atoms with Gasteiger partial charge in [0.1, 0.15) is 6.04 Å². The van der Waals surface area contributed by atoms with Crippen LogP contribution in [0.15, 0.2) is 17.5 Å². The standard InChI is InChI=1S/C11H16N2OS/c12-11(14)10(9-6-3-7-15-9)13-8-4-1-2-5-8/h3,6-8,10,13H,1-2,4-5H2,(H2,12,14). The van der Waals surface area contributed by atoms with Crippen molar-refractivity contribution >= 4 is 17.2 Å². The summed E-state index contributed by atoms with van der Waals surface area (Å²) in [5.41, 5.74) is 5.41. The van der Waals surface area contributed by atoms with E-state index in [9.17, 15) is 4.79 Å². The molecule has 0 radical (unpaired) electrons. The molecule has 0 aliphatic heterocycles. The first-order valence-corrected chi connectivity index (χ1v) is 6.24. The van der Waals surface area contributed by atoms with Crippen LogP contribution in [0.4, 0.5) is 0 Å². The summed E-state index contributed by atoms with van der Waals surface area (Å²) in [6.07, 6.45) is 4.84. The van der Waals surface area contributed by atoms with Gasteiger partial charge in [-0.2, -0.15) is 0 Å². The van der Waals surface area contributed by atoms with Crippen LogP contribution in [0, 0.1) is 0 Å². The Hall–Kier alpha value is -0.870. The summed E-state index contributed by atoms with van der Waals surface area (Å²) in [5.74, 6) is -0.274. The van der Waals surface area contributed by atoms with Crippen LogP contribution >= 0.6 is 11.3 Å². The highest BCUT2D eigenvalue weighted by molar-refractivity contribution is 7.10. The van der Waals surface area contributed by atoms with E-state index in [1.807, 2.05) is 17.5 Å². The molecule has 1 unspecified atom stereocenters. The monoisotopic (exact) mass is 224 g/mol. The van der Waals surface area contributed by atoms with Gasteiger partial charge in [-0.1, -0.05) is 18.9 Å². The Kier molecular flexibility index (Phi) is 3.38. The first-order chi connectivity index (χ1) is 7.27. The van der Waals surface area contributed by atoms with Gasteiger partial charge in [-0.15, -0.1) is 11.3 Å². The molecule has 0 aromatic carbocycles. The molecule has 1 aromatic rings. The summed E-state index contributed by atoms with van der Waals surface area (Å²) in [7, 11) is 0. The van der Waals surface area contributed by atoms with Gasteiger partial charge in [0.05, 0.1) is 0 Å². The van der Waals surface area contributed by atoms with E-state index in [2.05, 4.69) is 5.32 Å². The van der Waals surface area contributed by atoms with Crippen LogP contribution in [-0.2, 0) is 4.79 Å². The van der Waals surface area contributed by atoms with Gasteiger partial charge < -0.3 is 5.73 Å². The zero-order valence-corrected chi connectivity index (χ0v) is 9.43. The molecule has 1 saturated carbocycles. The van der Waals surface area contributed by atoms with Crippen molar-refractivity contribution in [3.8, 4) is 0 Å². The number of amides is 1. The summed E-state index contributed by atoms with van der Waals surface area (Å²) in [5, 5.41) is 5.33. The van der Waals surface area contributed by atoms with Crippen LogP contribution in [-0.4, -0.2) is 11.9 Å². The van der Waals surface area contributed by atoms with Gasteiger partial charge in [0, 0.05) is 10.9 Å². The number of rotatable bonds is 4. The number of nitrogens with one attached hydrogen (secondary N) is 1. The Morgan fingerprint density at radius 3 is 2.80 bits per heavy atom. The number of hydrogen-bond donors (Lipinski definition) is 2. The van der Waals surface area contributed by atoms with E-state index in [-0.39, 0.29) is 11.9 Å². The number of hydrogen-bond acceptors (Lipinski definition) is 3. The minimum absolute atomic E-state index is 0.274. The molecule has 0 saturated heterocycles. The molecule has 1 fully saturated rings. The highest BCUT2D eigenvalue weighted by atomic mass is 32.1. The predicted molar refractivity (Wildman–Crippen MR) is 61.6 cm³/mol. The second-order valence-electron chi connectivity index (χ2n) is 4.00. The molecule has 3 nitrogen and oxygen atoms in total. The third-order valence-electron chi connectivity index (χ3n) is 2.87. The van der Waals surface area contributed by atoms with E-state index < -0.39 is 0 Å². The summed E-state index contributed by atoms with van der Waals surface area (Å²) in [4.78, 5) is 12.4. The summed E-state index contributed by atoms with van der Waals surface area (Å²) in [6.45, 7) is 0. The van der Waals surface area contributed by atoms with Crippen molar-refractivity contribution in [3.05, 3.63) is 22.4 Å². The molecule has 1 aliphatic carbocycles. The Morgan fingerprint density at radius 2 is 2.27 bits per heavy atom. The van der Waals surface area contributed by atoms with E-state index in [1.54, 1.807) is 11.3 Å². The van der Waals surface area contributed by atoms with Crippen LogP contribution in [0.1, 0.15) is 36.6 Å². The van der Waals surface area contributed by atoms with Crippen molar-refractivity contribution in [3.63, 3.8) is 0 Å². The maximum Gasteiger partial charge on any atom is 0.240 e. The Balaban J connectivity index is 2.03. The van der Waals surface area contributed by atoms with Crippen molar-refractivity contribution in [1.29, 1.82) is 0 Å². The lowest BCUT2D eigenvalue weighted by Gasteiger charge is -2.18. The SMILES string of the molecule is NC(=O)C(NC1CCCC1)c1cccs1. The molecule has 82 valence electrons. The highest BCUT2D eigenvalue weighted by Crippen LogP contribution is 2.24. The number of carbonyl (C=O) groups excluding carboxylic acids is 1. The second-order valence-corrected chi connectivity index (χ2v) is 4.98. The molecular formula is C11H16N2OS. The number of primary amides is 1. The van der Waals surface area contributed by atoms with Crippen molar-refractivity contribution in [1.82, 2.24) is 5.32 Å². The van der Waals surface area contributed by atoms with Crippen LogP contribution in [0.2, 0.25) is 0 Å². The van der Waals surface area contributed by atoms with Gasteiger partial charge in [0.2, 0.25) is 5.91 Å². The van der Waals surface area contributed by atoms with Gasteiger partial charge in [0.25, 0.3) is 0 Å². The molecule has 3 N–H and O–H groups in total. The maximum absolute atomic E-state index is 11.4. The second kappa shape index (κ2) is 4.77. The third-order valence-corrected chi connectivity index (χ3v) is 3.81. The summed E-state index contributed by atoms with van der Waals surface area (Å²) in [6, 6.07) is 4.08. The molecule has 1 amide bonds. The van der Waals surface area contributed by atoms with E-state index in [1.165, 1.54) is 12.8 Å². The van der Waals surface area contributed by atoms with Crippen molar-refractivity contribution < 1.29 is 4.79 Å². The Bertz CT molecular complexity index is 317. The van der Waals surface area contributed by atoms with E-state index >= 15 is 0 Å². The molecule has 2 rings (SSSR count). The molecule has 4 heteroatoms. The fourth-order valence-corrected chi connectivity index (χ4v) is 2.88. The van der Waals surface area contributed by atoms with Gasteiger partial charge >= 0.3 is 0 Å². The molecule has 1 aliphatic rings. The van der Waals surface area contributed by atoms with Gasteiger partial charge in [-0.3, -0.25) is 10.1 Å². The number of carbonyl (C=O) groups is 1. The Labute approximate surface area is 93.7 Å². The van der Waals surface area contributed by atoms with Gasteiger partial charge in [-0.25, -0.2) is 0 Å². The molecule has 15 heavy (non-hydrogen) atoms.